The van der Waals surface area contributed by atoms with Gasteiger partial charge in [-0.1, -0.05) is 12.1 Å². The Balaban J connectivity index is 1.63. The van der Waals surface area contributed by atoms with Crippen molar-refractivity contribution < 1.29 is 18.7 Å². The molecule has 7 nitrogen and oxygen atoms in total. The Kier molecular flexibility index (Phi) is 6.20. The molecule has 2 amide bonds. The molecule has 3 rings (SSSR count). The molecule has 156 valence electrons. The van der Waals surface area contributed by atoms with Crippen LogP contribution in [0.3, 0.4) is 0 Å². The average molecular weight is 402 g/mol. The van der Waals surface area contributed by atoms with Gasteiger partial charge in [-0.15, -0.1) is 0 Å². The summed E-state index contributed by atoms with van der Waals surface area (Å²) in [6.45, 7) is 5.79. The summed E-state index contributed by atoms with van der Waals surface area (Å²) in [5, 5.41) is 10.1. The minimum absolute atomic E-state index is 0.0447. The van der Waals surface area contributed by atoms with E-state index >= 15 is 0 Å². The normalized spacial score (nSPS) is 16.1. The van der Waals surface area contributed by atoms with Crippen molar-refractivity contribution >= 4 is 12.0 Å². The predicted molar refractivity (Wildman–Crippen MR) is 106 cm³/mol. The molecule has 1 aromatic carbocycles. The molecule has 1 atom stereocenters. The van der Waals surface area contributed by atoms with Crippen LogP contribution in [0.1, 0.15) is 56.5 Å². The minimum atomic E-state index is -0.581. The van der Waals surface area contributed by atoms with Gasteiger partial charge in [0.25, 0.3) is 0 Å². The van der Waals surface area contributed by atoms with E-state index in [-0.39, 0.29) is 24.3 Å². The molecule has 8 heteroatoms. The van der Waals surface area contributed by atoms with Crippen LogP contribution < -0.4 is 10.6 Å². The molecule has 0 fully saturated rings. The molecule has 2 aromatic rings. The molecule has 0 spiro atoms. The predicted octanol–water partition coefficient (Wildman–Crippen LogP) is 3.24. The van der Waals surface area contributed by atoms with Crippen LogP contribution in [0, 0.1) is 5.82 Å². The van der Waals surface area contributed by atoms with Crippen molar-refractivity contribution in [2.75, 3.05) is 0 Å². The number of amides is 2. The summed E-state index contributed by atoms with van der Waals surface area (Å²) < 4.78 is 20.0. The number of hydrogen-bond acceptors (Lipinski definition) is 4. The maximum absolute atomic E-state index is 13.0. The second kappa shape index (κ2) is 8.63. The summed E-state index contributed by atoms with van der Waals surface area (Å²) in [5.74, 6) is -0.520. The standard InChI is InChI=1S/C21H27FN4O3/c1-21(2,3)29-20(28)25-17-6-4-5-15-12-24-26(19(15)17)13-18(27)23-11-14-7-9-16(22)10-8-14/h7-10,12,17H,4-6,11,13H2,1-3H3,(H,23,27)(H,25,28)/t17-/m1/s1. The number of fused-ring (bicyclic) bond motifs is 1. The van der Waals surface area contributed by atoms with Gasteiger partial charge in [-0.2, -0.15) is 5.10 Å². The van der Waals surface area contributed by atoms with Crippen LogP contribution in [-0.4, -0.2) is 27.4 Å². The number of halogens is 1. The van der Waals surface area contributed by atoms with Crippen molar-refractivity contribution in [1.29, 1.82) is 0 Å². The van der Waals surface area contributed by atoms with Crippen molar-refractivity contribution in [3.63, 3.8) is 0 Å². The van der Waals surface area contributed by atoms with Crippen LogP contribution in [0.5, 0.6) is 0 Å². The highest BCUT2D eigenvalue weighted by atomic mass is 19.1. The summed E-state index contributed by atoms with van der Waals surface area (Å²) in [6.07, 6.45) is 3.82. The third kappa shape index (κ3) is 5.79. The van der Waals surface area contributed by atoms with Crippen LogP contribution in [0.2, 0.25) is 0 Å². The van der Waals surface area contributed by atoms with Gasteiger partial charge in [-0.25, -0.2) is 9.18 Å². The molecule has 0 unspecified atom stereocenters. The van der Waals surface area contributed by atoms with Crippen molar-refractivity contribution in [3.8, 4) is 0 Å². The van der Waals surface area contributed by atoms with E-state index in [1.807, 2.05) is 20.8 Å². The third-order valence-corrected chi connectivity index (χ3v) is 4.62. The van der Waals surface area contributed by atoms with E-state index in [9.17, 15) is 14.0 Å². The second-order valence-corrected chi connectivity index (χ2v) is 8.21. The maximum Gasteiger partial charge on any atom is 0.408 e. The van der Waals surface area contributed by atoms with E-state index in [0.29, 0.717) is 6.54 Å². The SMILES string of the molecule is CC(C)(C)OC(=O)N[C@@H]1CCCc2cnn(CC(=O)NCc3ccc(F)cc3)c21. The van der Waals surface area contributed by atoms with Gasteiger partial charge in [-0.05, 0) is 63.3 Å². The molecule has 1 aliphatic rings. The fourth-order valence-corrected chi connectivity index (χ4v) is 3.37. The number of hydrogen-bond donors (Lipinski definition) is 2. The number of benzene rings is 1. The lowest BCUT2D eigenvalue weighted by atomic mass is 9.93. The summed E-state index contributed by atoms with van der Waals surface area (Å²) in [4.78, 5) is 24.6. The maximum atomic E-state index is 13.0. The van der Waals surface area contributed by atoms with Gasteiger partial charge >= 0.3 is 6.09 Å². The Morgan fingerprint density at radius 3 is 2.69 bits per heavy atom. The Labute approximate surface area is 169 Å². The Morgan fingerprint density at radius 1 is 1.28 bits per heavy atom. The fourth-order valence-electron chi connectivity index (χ4n) is 3.37. The van der Waals surface area contributed by atoms with E-state index in [4.69, 9.17) is 4.74 Å². The van der Waals surface area contributed by atoms with Gasteiger partial charge in [0.05, 0.1) is 17.9 Å². The number of aryl methyl sites for hydroxylation is 1. The first-order valence-corrected chi connectivity index (χ1v) is 9.76. The lowest BCUT2D eigenvalue weighted by molar-refractivity contribution is -0.122. The zero-order valence-corrected chi connectivity index (χ0v) is 17.0. The lowest BCUT2D eigenvalue weighted by Gasteiger charge is -2.27. The van der Waals surface area contributed by atoms with Crippen LogP contribution in [0.25, 0.3) is 0 Å². The van der Waals surface area contributed by atoms with Crippen LogP contribution >= 0.6 is 0 Å². The molecule has 1 aliphatic carbocycles. The number of nitrogens with zero attached hydrogens (tertiary/aromatic N) is 2. The second-order valence-electron chi connectivity index (χ2n) is 8.21. The van der Waals surface area contributed by atoms with Crippen molar-refractivity contribution in [2.45, 2.75) is 64.8 Å². The Bertz CT molecular complexity index is 871. The molecule has 29 heavy (non-hydrogen) atoms. The molecule has 1 aromatic heterocycles. The van der Waals surface area contributed by atoms with E-state index in [0.717, 1.165) is 36.1 Å². The first-order chi connectivity index (χ1) is 13.7. The highest BCUT2D eigenvalue weighted by Crippen LogP contribution is 2.30. The largest absolute Gasteiger partial charge is 0.444 e. The highest BCUT2D eigenvalue weighted by molar-refractivity contribution is 5.75. The number of carbonyl (C=O) groups is 2. The summed E-state index contributed by atoms with van der Waals surface area (Å²) in [6, 6.07) is 5.73. The van der Waals surface area contributed by atoms with Crippen LogP contribution in [-0.2, 0) is 29.0 Å². The molecular formula is C21H27FN4O3. The highest BCUT2D eigenvalue weighted by Gasteiger charge is 2.28. The lowest BCUT2D eigenvalue weighted by Crippen LogP contribution is -2.37. The topological polar surface area (TPSA) is 85.2 Å². The van der Waals surface area contributed by atoms with E-state index < -0.39 is 11.7 Å². The molecule has 1 heterocycles. The van der Waals surface area contributed by atoms with Crippen molar-refractivity contribution in [2.24, 2.45) is 0 Å². The van der Waals surface area contributed by atoms with Crippen molar-refractivity contribution in [3.05, 3.63) is 53.1 Å². The van der Waals surface area contributed by atoms with Crippen molar-refractivity contribution in [1.82, 2.24) is 20.4 Å². The summed E-state index contributed by atoms with van der Waals surface area (Å²) >= 11 is 0. The third-order valence-electron chi connectivity index (χ3n) is 4.62. The molecule has 0 bridgehead atoms. The number of nitrogens with one attached hydrogen (secondary N) is 2. The molecule has 0 aliphatic heterocycles. The molecule has 2 N–H and O–H groups in total. The van der Waals surface area contributed by atoms with Gasteiger partial charge in [0, 0.05) is 6.54 Å². The van der Waals surface area contributed by atoms with Gasteiger partial charge in [0.2, 0.25) is 5.91 Å². The van der Waals surface area contributed by atoms with Crippen LogP contribution in [0.4, 0.5) is 9.18 Å². The Hall–Kier alpha value is -2.90. The number of alkyl carbamates (subject to hydrolysis) is 1. The fraction of sp³-hybridized carbons (Fsp3) is 0.476. The number of rotatable bonds is 5. The smallest absolute Gasteiger partial charge is 0.408 e. The van der Waals surface area contributed by atoms with E-state index in [1.54, 1.807) is 23.0 Å². The number of carbonyl (C=O) groups excluding carboxylic acids is 2. The zero-order chi connectivity index (χ0) is 21.0. The number of aromatic nitrogens is 2. The molecular weight excluding hydrogens is 375 g/mol. The summed E-state index contributed by atoms with van der Waals surface area (Å²) in [5.41, 5.74) is 2.11. The van der Waals surface area contributed by atoms with Gasteiger partial charge in [0.1, 0.15) is 18.0 Å². The molecule has 0 saturated heterocycles. The zero-order valence-electron chi connectivity index (χ0n) is 17.0. The number of ether oxygens (including phenoxy) is 1. The Morgan fingerprint density at radius 2 is 2.00 bits per heavy atom. The van der Waals surface area contributed by atoms with Gasteiger partial charge < -0.3 is 15.4 Å². The van der Waals surface area contributed by atoms with Gasteiger partial charge in [0.15, 0.2) is 0 Å². The average Bonchev–Trinajstić information content (AvgIpc) is 3.03. The van der Waals surface area contributed by atoms with Crippen LogP contribution in [0.15, 0.2) is 30.5 Å². The first-order valence-electron chi connectivity index (χ1n) is 9.76. The quantitative estimate of drug-likeness (QED) is 0.804. The van der Waals surface area contributed by atoms with Gasteiger partial charge in [-0.3, -0.25) is 9.48 Å². The minimum Gasteiger partial charge on any atom is -0.444 e. The molecule has 0 radical (unpaired) electrons. The summed E-state index contributed by atoms with van der Waals surface area (Å²) in [7, 11) is 0. The first kappa shape index (κ1) is 20.8. The van der Waals surface area contributed by atoms with E-state index in [2.05, 4.69) is 15.7 Å². The monoisotopic (exact) mass is 402 g/mol. The molecule has 0 saturated carbocycles. The van der Waals surface area contributed by atoms with E-state index in [1.165, 1.54) is 12.1 Å².